The van der Waals surface area contributed by atoms with Gasteiger partial charge in [0, 0.05) is 0 Å². The second-order valence-corrected chi connectivity index (χ2v) is 3.36. The van der Waals surface area contributed by atoms with Crippen LogP contribution in [0.2, 0.25) is 0 Å². The third kappa shape index (κ3) is 1.95. The molecule has 2 heteroatoms. The summed E-state index contributed by atoms with van der Waals surface area (Å²) in [6, 6.07) is 0. The third-order valence-corrected chi connectivity index (χ3v) is 2.68. The Morgan fingerprint density at radius 1 is 1.45 bits per heavy atom. The summed E-state index contributed by atoms with van der Waals surface area (Å²) in [6.45, 7) is 1.97. The van der Waals surface area contributed by atoms with Gasteiger partial charge in [-0.1, -0.05) is 19.8 Å². The highest BCUT2D eigenvalue weighted by Crippen LogP contribution is 2.31. The molecule has 0 aromatic heterocycles. The molecule has 1 atom stereocenters. The zero-order valence-corrected chi connectivity index (χ0v) is 7.30. The van der Waals surface area contributed by atoms with Crippen molar-refractivity contribution in [2.75, 3.05) is 7.11 Å². The van der Waals surface area contributed by atoms with Crippen LogP contribution < -0.4 is 0 Å². The lowest BCUT2D eigenvalue weighted by molar-refractivity contribution is -0.146. The fourth-order valence-corrected chi connectivity index (χ4v) is 1.84. The van der Waals surface area contributed by atoms with Crippen molar-refractivity contribution >= 4 is 5.97 Å². The topological polar surface area (TPSA) is 26.3 Å². The minimum Gasteiger partial charge on any atom is -0.469 e. The fourth-order valence-electron chi connectivity index (χ4n) is 1.84. The van der Waals surface area contributed by atoms with Crippen LogP contribution in [-0.2, 0) is 9.53 Å². The molecule has 2 nitrogen and oxygen atoms in total. The average molecular weight is 156 g/mol. The Labute approximate surface area is 67.9 Å². The molecule has 0 aromatic carbocycles. The van der Waals surface area contributed by atoms with E-state index in [2.05, 4.69) is 4.74 Å². The summed E-state index contributed by atoms with van der Waals surface area (Å²) in [5.74, 6) is 0.654. The lowest BCUT2D eigenvalue weighted by atomic mass is 9.93. The summed E-state index contributed by atoms with van der Waals surface area (Å²) < 4.78 is 4.69. The third-order valence-electron chi connectivity index (χ3n) is 2.68. The molecule has 1 fully saturated rings. The van der Waals surface area contributed by atoms with Crippen molar-refractivity contribution < 1.29 is 9.53 Å². The maximum absolute atomic E-state index is 11.1. The molecule has 1 aliphatic rings. The number of methoxy groups -OCH3 is 1. The van der Waals surface area contributed by atoms with Gasteiger partial charge in [0.1, 0.15) is 0 Å². The van der Waals surface area contributed by atoms with Crippen LogP contribution in [0.3, 0.4) is 0 Å². The Bertz CT molecular complexity index is 136. The molecular weight excluding hydrogens is 140 g/mol. The van der Waals surface area contributed by atoms with E-state index >= 15 is 0 Å². The van der Waals surface area contributed by atoms with Crippen molar-refractivity contribution in [1.29, 1.82) is 0 Å². The number of hydrogen-bond acceptors (Lipinski definition) is 2. The van der Waals surface area contributed by atoms with E-state index in [1.54, 1.807) is 0 Å². The van der Waals surface area contributed by atoms with Gasteiger partial charge in [-0.3, -0.25) is 4.79 Å². The molecule has 1 rings (SSSR count). The van der Waals surface area contributed by atoms with Crippen LogP contribution in [0.4, 0.5) is 0 Å². The zero-order valence-electron chi connectivity index (χ0n) is 7.30. The van der Waals surface area contributed by atoms with Gasteiger partial charge in [-0.2, -0.15) is 0 Å². The molecule has 0 unspecified atom stereocenters. The van der Waals surface area contributed by atoms with Crippen molar-refractivity contribution in [1.82, 2.24) is 0 Å². The molecule has 0 saturated heterocycles. The monoisotopic (exact) mass is 156 g/mol. The summed E-state index contributed by atoms with van der Waals surface area (Å²) in [6.07, 6.45) is 4.98. The van der Waals surface area contributed by atoms with Crippen LogP contribution in [0.5, 0.6) is 0 Å². The largest absolute Gasteiger partial charge is 0.469 e. The highest BCUT2D eigenvalue weighted by Gasteiger charge is 2.26. The number of carbonyl (C=O) groups excluding carboxylic acids is 1. The van der Waals surface area contributed by atoms with Crippen LogP contribution in [0.1, 0.15) is 32.6 Å². The quantitative estimate of drug-likeness (QED) is 0.571. The normalized spacial score (nSPS) is 21.6. The smallest absolute Gasteiger partial charge is 0.308 e. The predicted octanol–water partition coefficient (Wildman–Crippen LogP) is 1.99. The first-order valence-electron chi connectivity index (χ1n) is 4.33. The molecule has 1 saturated carbocycles. The first kappa shape index (κ1) is 8.57. The molecule has 0 heterocycles. The van der Waals surface area contributed by atoms with Gasteiger partial charge < -0.3 is 4.74 Å². The molecule has 0 aliphatic heterocycles. The summed E-state index contributed by atoms with van der Waals surface area (Å²) in [5.41, 5.74) is 0. The lowest BCUT2D eigenvalue weighted by Crippen LogP contribution is -2.19. The minimum atomic E-state index is -0.0445. The Morgan fingerprint density at radius 3 is 2.45 bits per heavy atom. The van der Waals surface area contributed by atoms with Gasteiger partial charge in [0.2, 0.25) is 0 Å². The molecule has 0 aromatic rings. The Balaban J connectivity index is 2.39. The van der Waals surface area contributed by atoms with Crippen LogP contribution in [0.25, 0.3) is 0 Å². The highest BCUT2D eigenvalue weighted by molar-refractivity contribution is 5.72. The van der Waals surface area contributed by atoms with E-state index in [0.717, 1.165) is 0 Å². The van der Waals surface area contributed by atoms with Gasteiger partial charge in [-0.15, -0.1) is 0 Å². The first-order valence-corrected chi connectivity index (χ1v) is 4.33. The molecule has 1 aliphatic carbocycles. The van der Waals surface area contributed by atoms with E-state index < -0.39 is 0 Å². The molecule has 0 bridgehead atoms. The van der Waals surface area contributed by atoms with E-state index in [9.17, 15) is 4.79 Å². The van der Waals surface area contributed by atoms with Crippen LogP contribution in [0.15, 0.2) is 0 Å². The average Bonchev–Trinajstić information content (AvgIpc) is 2.53. The Hall–Kier alpha value is -0.530. The highest BCUT2D eigenvalue weighted by atomic mass is 16.5. The van der Waals surface area contributed by atoms with Crippen molar-refractivity contribution in [2.24, 2.45) is 11.8 Å². The second-order valence-electron chi connectivity index (χ2n) is 3.36. The van der Waals surface area contributed by atoms with Crippen molar-refractivity contribution in [2.45, 2.75) is 32.6 Å². The van der Waals surface area contributed by atoms with Crippen molar-refractivity contribution in [3.8, 4) is 0 Å². The summed E-state index contributed by atoms with van der Waals surface area (Å²) in [4.78, 5) is 11.1. The van der Waals surface area contributed by atoms with Gasteiger partial charge in [0.15, 0.2) is 0 Å². The number of esters is 1. The van der Waals surface area contributed by atoms with Gasteiger partial charge >= 0.3 is 5.97 Å². The number of hydrogen-bond donors (Lipinski definition) is 0. The first-order chi connectivity index (χ1) is 5.25. The second kappa shape index (κ2) is 3.74. The van der Waals surface area contributed by atoms with Crippen LogP contribution in [0, 0.1) is 11.8 Å². The van der Waals surface area contributed by atoms with E-state index in [-0.39, 0.29) is 11.9 Å². The summed E-state index contributed by atoms with van der Waals surface area (Å²) >= 11 is 0. The van der Waals surface area contributed by atoms with E-state index in [4.69, 9.17) is 0 Å². The van der Waals surface area contributed by atoms with Gasteiger partial charge in [0.05, 0.1) is 13.0 Å². The molecule has 0 spiro atoms. The molecule has 0 N–H and O–H groups in total. The maximum Gasteiger partial charge on any atom is 0.308 e. The summed E-state index contributed by atoms with van der Waals surface area (Å²) in [5, 5.41) is 0. The molecule has 64 valence electrons. The maximum atomic E-state index is 11.1. The zero-order chi connectivity index (χ0) is 8.27. The van der Waals surface area contributed by atoms with Gasteiger partial charge in [-0.25, -0.2) is 0 Å². The van der Waals surface area contributed by atoms with Crippen LogP contribution >= 0.6 is 0 Å². The minimum absolute atomic E-state index is 0.0445. The number of carbonyl (C=O) groups is 1. The van der Waals surface area contributed by atoms with Gasteiger partial charge in [0.25, 0.3) is 0 Å². The van der Waals surface area contributed by atoms with E-state index in [0.29, 0.717) is 5.92 Å². The van der Waals surface area contributed by atoms with Crippen molar-refractivity contribution in [3.05, 3.63) is 0 Å². The standard InChI is InChI=1S/C9H16O2/c1-7(9(10)11-2)8-5-3-4-6-8/h7-8H,3-6H2,1-2H3/t7-/m1/s1. The number of rotatable bonds is 2. The number of ether oxygens (including phenoxy) is 1. The Kier molecular flexibility index (Phi) is 2.92. The Morgan fingerprint density at radius 2 is 2.00 bits per heavy atom. The molecule has 0 radical (unpaired) electrons. The van der Waals surface area contributed by atoms with Crippen molar-refractivity contribution in [3.63, 3.8) is 0 Å². The van der Waals surface area contributed by atoms with E-state index in [1.165, 1.54) is 32.8 Å². The summed E-state index contributed by atoms with van der Waals surface area (Å²) in [7, 11) is 1.47. The van der Waals surface area contributed by atoms with Gasteiger partial charge in [-0.05, 0) is 18.8 Å². The lowest BCUT2D eigenvalue weighted by Gasteiger charge is -2.15. The molecule has 11 heavy (non-hydrogen) atoms. The predicted molar refractivity (Wildman–Crippen MR) is 43.1 cm³/mol. The molecule has 0 amide bonds. The van der Waals surface area contributed by atoms with Crippen LogP contribution in [-0.4, -0.2) is 13.1 Å². The molecular formula is C9H16O2. The fraction of sp³-hybridized carbons (Fsp3) is 0.889. The SMILES string of the molecule is COC(=O)[C@H](C)C1CCCC1. The van der Waals surface area contributed by atoms with E-state index in [1.807, 2.05) is 6.92 Å².